The van der Waals surface area contributed by atoms with Gasteiger partial charge >= 0.3 is 0 Å². The van der Waals surface area contributed by atoms with Crippen molar-refractivity contribution in [3.05, 3.63) is 96.6 Å². The van der Waals surface area contributed by atoms with Gasteiger partial charge in [0.25, 0.3) is 0 Å². The summed E-state index contributed by atoms with van der Waals surface area (Å²) in [7, 11) is 0. The summed E-state index contributed by atoms with van der Waals surface area (Å²) in [5.74, 6) is 0.0360. The highest BCUT2D eigenvalue weighted by molar-refractivity contribution is 5.96. The molecule has 0 bridgehead atoms. The van der Waals surface area contributed by atoms with Crippen molar-refractivity contribution in [1.82, 2.24) is 0 Å². The highest BCUT2D eigenvalue weighted by Gasteiger charge is 2.15. The number of hydrogen-bond donors (Lipinski definition) is 1. The molecule has 0 aliphatic carbocycles. The van der Waals surface area contributed by atoms with Gasteiger partial charge in [0.1, 0.15) is 0 Å². The lowest BCUT2D eigenvalue weighted by molar-refractivity contribution is -0.117. The lowest BCUT2D eigenvalue weighted by Crippen LogP contribution is -2.35. The number of carbonyl (C=O) groups excluding carboxylic acids is 1. The third kappa shape index (κ3) is 4.23. The van der Waals surface area contributed by atoms with Crippen LogP contribution in [0.4, 0.5) is 11.4 Å². The highest BCUT2D eigenvalue weighted by atomic mass is 16.2. The number of amides is 1. The molecule has 1 amide bonds. The van der Waals surface area contributed by atoms with Gasteiger partial charge in [0, 0.05) is 11.4 Å². The summed E-state index contributed by atoms with van der Waals surface area (Å²) in [6.07, 6.45) is 0. The summed E-state index contributed by atoms with van der Waals surface area (Å²) in [6.45, 7) is 0.811. The SMILES string of the molecule is O=C(CNc1ccccc1)N(Cc1ccccc1)c1ccccc1. The van der Waals surface area contributed by atoms with Gasteiger partial charge in [0.15, 0.2) is 0 Å². The molecule has 0 saturated heterocycles. The molecule has 0 unspecified atom stereocenters. The summed E-state index contributed by atoms with van der Waals surface area (Å²) >= 11 is 0. The summed E-state index contributed by atoms with van der Waals surface area (Å²) in [5.41, 5.74) is 2.95. The van der Waals surface area contributed by atoms with E-state index in [1.165, 1.54) is 0 Å². The predicted molar refractivity (Wildman–Crippen MR) is 99.0 cm³/mol. The van der Waals surface area contributed by atoms with Gasteiger partial charge in [-0.3, -0.25) is 4.79 Å². The van der Waals surface area contributed by atoms with Gasteiger partial charge in [-0.25, -0.2) is 0 Å². The van der Waals surface area contributed by atoms with Crippen LogP contribution in [-0.2, 0) is 11.3 Å². The van der Waals surface area contributed by atoms with Crippen molar-refractivity contribution in [2.24, 2.45) is 0 Å². The topological polar surface area (TPSA) is 32.3 Å². The predicted octanol–water partition coefficient (Wildman–Crippen LogP) is 4.33. The first kappa shape index (κ1) is 15.8. The number of rotatable bonds is 6. The first-order chi connectivity index (χ1) is 11.8. The average Bonchev–Trinajstić information content (AvgIpc) is 2.66. The average molecular weight is 316 g/mol. The van der Waals surface area contributed by atoms with Crippen LogP contribution in [0.25, 0.3) is 0 Å². The van der Waals surface area contributed by atoms with Crippen LogP contribution in [0.2, 0.25) is 0 Å². The molecule has 0 atom stereocenters. The van der Waals surface area contributed by atoms with E-state index in [0.717, 1.165) is 16.9 Å². The monoisotopic (exact) mass is 316 g/mol. The zero-order chi connectivity index (χ0) is 16.6. The van der Waals surface area contributed by atoms with Gasteiger partial charge in [0.2, 0.25) is 5.91 Å². The standard InChI is InChI=1S/C21H20N2O/c24-21(16-22-19-12-6-2-7-13-19)23(20-14-8-3-9-15-20)17-18-10-4-1-5-11-18/h1-15,22H,16-17H2. The van der Waals surface area contributed by atoms with Crippen molar-refractivity contribution in [3.8, 4) is 0 Å². The molecule has 0 aromatic heterocycles. The van der Waals surface area contributed by atoms with Gasteiger partial charge in [-0.05, 0) is 29.8 Å². The first-order valence-electron chi connectivity index (χ1n) is 8.01. The quantitative estimate of drug-likeness (QED) is 0.734. The van der Waals surface area contributed by atoms with Crippen molar-refractivity contribution in [2.75, 3.05) is 16.8 Å². The first-order valence-corrected chi connectivity index (χ1v) is 8.01. The van der Waals surface area contributed by atoms with E-state index in [2.05, 4.69) is 5.32 Å². The highest BCUT2D eigenvalue weighted by Crippen LogP contribution is 2.17. The third-order valence-electron chi connectivity index (χ3n) is 3.77. The van der Waals surface area contributed by atoms with E-state index in [0.29, 0.717) is 6.54 Å². The number of nitrogens with one attached hydrogen (secondary N) is 1. The Kier molecular flexibility index (Phi) is 5.25. The Hall–Kier alpha value is -3.07. The molecular weight excluding hydrogens is 296 g/mol. The molecule has 1 N–H and O–H groups in total. The molecule has 24 heavy (non-hydrogen) atoms. The molecule has 0 aliphatic rings. The number of benzene rings is 3. The second kappa shape index (κ2) is 7.97. The van der Waals surface area contributed by atoms with Crippen LogP contribution in [0.3, 0.4) is 0 Å². The Labute approximate surface area is 142 Å². The maximum absolute atomic E-state index is 12.8. The van der Waals surface area contributed by atoms with Crippen molar-refractivity contribution in [1.29, 1.82) is 0 Å². The molecule has 0 aliphatic heterocycles. The molecule has 120 valence electrons. The van der Waals surface area contributed by atoms with Crippen molar-refractivity contribution >= 4 is 17.3 Å². The minimum Gasteiger partial charge on any atom is -0.376 e. The van der Waals surface area contributed by atoms with Gasteiger partial charge < -0.3 is 10.2 Å². The second-order valence-corrected chi connectivity index (χ2v) is 5.52. The van der Waals surface area contributed by atoms with Crippen molar-refractivity contribution in [2.45, 2.75) is 6.54 Å². The zero-order valence-electron chi connectivity index (χ0n) is 13.4. The molecule has 0 heterocycles. The van der Waals surface area contributed by atoms with E-state index < -0.39 is 0 Å². The van der Waals surface area contributed by atoms with Crippen LogP contribution in [0, 0.1) is 0 Å². The van der Waals surface area contributed by atoms with Gasteiger partial charge in [0.05, 0.1) is 13.1 Å². The van der Waals surface area contributed by atoms with Gasteiger partial charge in [-0.1, -0.05) is 66.7 Å². The van der Waals surface area contributed by atoms with Crippen LogP contribution >= 0.6 is 0 Å². The maximum Gasteiger partial charge on any atom is 0.246 e. The Morgan fingerprint density at radius 2 is 1.29 bits per heavy atom. The fourth-order valence-corrected chi connectivity index (χ4v) is 2.53. The zero-order valence-corrected chi connectivity index (χ0v) is 13.4. The van der Waals surface area contributed by atoms with E-state index in [-0.39, 0.29) is 12.5 Å². The molecule has 0 fully saturated rings. The molecule has 3 aromatic carbocycles. The van der Waals surface area contributed by atoms with Crippen molar-refractivity contribution in [3.63, 3.8) is 0 Å². The third-order valence-corrected chi connectivity index (χ3v) is 3.77. The van der Waals surface area contributed by atoms with E-state index in [1.54, 1.807) is 0 Å². The molecule has 0 saturated carbocycles. The largest absolute Gasteiger partial charge is 0.376 e. The van der Waals surface area contributed by atoms with E-state index >= 15 is 0 Å². The summed E-state index contributed by atoms with van der Waals surface area (Å²) in [5, 5.41) is 3.19. The summed E-state index contributed by atoms with van der Waals surface area (Å²) < 4.78 is 0. The second-order valence-electron chi connectivity index (χ2n) is 5.52. The molecule has 3 nitrogen and oxygen atoms in total. The normalized spacial score (nSPS) is 10.2. The van der Waals surface area contributed by atoms with E-state index in [1.807, 2.05) is 95.9 Å². The smallest absolute Gasteiger partial charge is 0.246 e. The molecular formula is C21H20N2O. The van der Waals surface area contributed by atoms with Crippen LogP contribution in [0.15, 0.2) is 91.0 Å². The fourth-order valence-electron chi connectivity index (χ4n) is 2.53. The van der Waals surface area contributed by atoms with Gasteiger partial charge in [-0.2, -0.15) is 0 Å². The number of anilines is 2. The Bertz CT molecular complexity index is 758. The van der Waals surface area contributed by atoms with E-state index in [4.69, 9.17) is 0 Å². The number of para-hydroxylation sites is 2. The van der Waals surface area contributed by atoms with E-state index in [9.17, 15) is 4.79 Å². The lowest BCUT2D eigenvalue weighted by Gasteiger charge is -2.23. The van der Waals surface area contributed by atoms with Crippen LogP contribution in [-0.4, -0.2) is 12.5 Å². The number of carbonyl (C=O) groups is 1. The molecule has 3 heteroatoms. The minimum atomic E-state index is 0.0360. The fraction of sp³-hybridized carbons (Fsp3) is 0.0952. The number of hydrogen-bond acceptors (Lipinski definition) is 2. The minimum absolute atomic E-state index is 0.0360. The van der Waals surface area contributed by atoms with Crippen LogP contribution < -0.4 is 10.2 Å². The molecule has 0 radical (unpaired) electrons. The Morgan fingerprint density at radius 3 is 1.92 bits per heavy atom. The summed E-state index contributed by atoms with van der Waals surface area (Å²) in [6, 6.07) is 29.6. The van der Waals surface area contributed by atoms with Crippen LogP contribution in [0.1, 0.15) is 5.56 Å². The summed E-state index contributed by atoms with van der Waals surface area (Å²) in [4.78, 5) is 14.6. The van der Waals surface area contributed by atoms with Crippen molar-refractivity contribution < 1.29 is 4.79 Å². The maximum atomic E-state index is 12.8. The Balaban J connectivity index is 1.75. The van der Waals surface area contributed by atoms with Crippen LogP contribution in [0.5, 0.6) is 0 Å². The lowest BCUT2D eigenvalue weighted by atomic mass is 10.2. The van der Waals surface area contributed by atoms with Gasteiger partial charge in [-0.15, -0.1) is 0 Å². The Morgan fingerprint density at radius 1 is 0.750 bits per heavy atom. The molecule has 0 spiro atoms. The molecule has 3 rings (SSSR count). The molecule has 3 aromatic rings. The number of nitrogens with zero attached hydrogens (tertiary/aromatic N) is 1.